The largest absolute Gasteiger partial charge is 0.397 e. The Labute approximate surface area is 251 Å². The van der Waals surface area contributed by atoms with Crippen molar-refractivity contribution < 1.29 is 26.7 Å². The van der Waals surface area contributed by atoms with Gasteiger partial charge >= 0.3 is 10.4 Å². The van der Waals surface area contributed by atoms with E-state index in [1.54, 1.807) is 11.3 Å². The van der Waals surface area contributed by atoms with Crippen LogP contribution in [-0.4, -0.2) is 30.8 Å². The minimum absolute atomic E-state index is 0.00925. The summed E-state index contributed by atoms with van der Waals surface area (Å²) in [5.74, 6) is 1.50. The normalized spacial score (nSPS) is 39.1. The van der Waals surface area contributed by atoms with Crippen LogP contribution in [0.5, 0.6) is 0 Å². The molecule has 40 heavy (non-hydrogen) atoms. The van der Waals surface area contributed by atoms with Crippen LogP contribution in [0.1, 0.15) is 103 Å². The summed E-state index contributed by atoms with van der Waals surface area (Å²) < 4.78 is 40.2. The molecule has 10 heteroatoms. The van der Waals surface area contributed by atoms with Gasteiger partial charge in [0, 0.05) is 24.1 Å². The van der Waals surface area contributed by atoms with Crippen molar-refractivity contribution in [2.24, 2.45) is 46.3 Å². The highest BCUT2D eigenvalue weighted by atomic mass is 79.9. The number of carbonyl (C=O) groups excluding carboxylic acids is 2. The zero-order valence-corrected chi connectivity index (χ0v) is 27.2. The summed E-state index contributed by atoms with van der Waals surface area (Å²) in [5.41, 5.74) is -0.0489. The summed E-state index contributed by atoms with van der Waals surface area (Å²) >= 11 is 5.18. The molecule has 4 aliphatic carbocycles. The average Bonchev–Trinajstić information content (AvgIpc) is 3.45. The van der Waals surface area contributed by atoms with Crippen molar-refractivity contribution >= 4 is 49.4 Å². The number of nitrogens with one attached hydrogen (secondary N) is 1. The van der Waals surface area contributed by atoms with Crippen LogP contribution in [0, 0.1) is 46.3 Å². The smallest absolute Gasteiger partial charge is 0.348 e. The van der Waals surface area contributed by atoms with Gasteiger partial charge in [0.05, 0.1) is 15.9 Å². The highest BCUT2D eigenvalue weighted by molar-refractivity contribution is 9.11. The van der Waals surface area contributed by atoms with Gasteiger partial charge in [0.1, 0.15) is 5.78 Å². The minimum atomic E-state index is -4.62. The minimum Gasteiger partial charge on any atom is -0.348 e. The Morgan fingerprint density at radius 3 is 2.58 bits per heavy atom. The molecule has 1 amide bonds. The Morgan fingerprint density at radius 1 is 1.20 bits per heavy atom. The summed E-state index contributed by atoms with van der Waals surface area (Å²) in [6, 6.07) is 4.09. The Balaban J connectivity index is 1.34. The SMILES string of the molecule is CC[C@H](NC(=O)C[C@@H](C)C1CC[C@H]2[C@@H]3[C@H](OS(=O)(=O)O)C[C@@H]4CC(=O)CC[C@]4(C)[C@H]3CC[C@]12C)c1ccc(Br)s1. The Hall–Kier alpha value is -0.810. The topological polar surface area (TPSA) is 110 Å². The van der Waals surface area contributed by atoms with Crippen molar-refractivity contribution in [2.75, 3.05) is 0 Å². The summed E-state index contributed by atoms with van der Waals surface area (Å²) in [5, 5.41) is 3.26. The fourth-order valence-corrected chi connectivity index (χ4v) is 11.9. The third-order valence-electron chi connectivity index (χ3n) is 11.7. The van der Waals surface area contributed by atoms with Crippen LogP contribution in [0.2, 0.25) is 0 Å². The number of Topliss-reactive ketones (excluding diaryl/α,β-unsaturated/α-hetero) is 1. The van der Waals surface area contributed by atoms with Crippen LogP contribution >= 0.6 is 27.3 Å². The van der Waals surface area contributed by atoms with Crippen LogP contribution in [-0.2, 0) is 24.2 Å². The molecule has 0 aliphatic heterocycles. The van der Waals surface area contributed by atoms with Crippen molar-refractivity contribution in [3.63, 3.8) is 0 Å². The van der Waals surface area contributed by atoms with Crippen molar-refractivity contribution in [1.29, 1.82) is 0 Å². The predicted molar refractivity (Wildman–Crippen MR) is 159 cm³/mol. The molecule has 5 rings (SSSR count). The molecule has 0 spiro atoms. The van der Waals surface area contributed by atoms with Crippen molar-refractivity contribution in [2.45, 2.75) is 104 Å². The zero-order chi connectivity index (χ0) is 29.0. The first-order valence-corrected chi connectivity index (χ1v) is 17.9. The van der Waals surface area contributed by atoms with E-state index >= 15 is 0 Å². The molecule has 0 saturated heterocycles. The molecule has 224 valence electrons. The van der Waals surface area contributed by atoms with Gasteiger partial charge in [-0.2, -0.15) is 8.42 Å². The summed E-state index contributed by atoms with van der Waals surface area (Å²) in [6.07, 6.45) is 7.08. The van der Waals surface area contributed by atoms with Gasteiger partial charge in [-0.1, -0.05) is 27.7 Å². The van der Waals surface area contributed by atoms with Gasteiger partial charge in [0.25, 0.3) is 0 Å². The van der Waals surface area contributed by atoms with E-state index in [1.807, 2.05) is 6.07 Å². The van der Waals surface area contributed by atoms with E-state index in [2.05, 4.69) is 55.0 Å². The average molecular weight is 659 g/mol. The second kappa shape index (κ2) is 11.4. The maximum absolute atomic E-state index is 13.2. The summed E-state index contributed by atoms with van der Waals surface area (Å²) in [4.78, 5) is 26.8. The van der Waals surface area contributed by atoms with Gasteiger partial charge in [-0.25, -0.2) is 4.18 Å². The van der Waals surface area contributed by atoms with Gasteiger partial charge in [-0.15, -0.1) is 11.3 Å². The van der Waals surface area contributed by atoms with Gasteiger partial charge in [0.15, 0.2) is 0 Å². The monoisotopic (exact) mass is 657 g/mol. The van der Waals surface area contributed by atoms with Crippen LogP contribution in [0.4, 0.5) is 0 Å². The molecule has 4 saturated carbocycles. The molecule has 1 aromatic heterocycles. The van der Waals surface area contributed by atoms with Crippen molar-refractivity contribution in [3.8, 4) is 0 Å². The van der Waals surface area contributed by atoms with Gasteiger partial charge in [0.2, 0.25) is 5.91 Å². The molecule has 0 aromatic carbocycles. The molecule has 1 heterocycles. The number of halogens is 1. The van der Waals surface area contributed by atoms with Crippen LogP contribution in [0.15, 0.2) is 15.9 Å². The Bertz CT molecular complexity index is 1230. The highest BCUT2D eigenvalue weighted by Gasteiger charge is 2.64. The molecular weight excluding hydrogens is 614 g/mol. The van der Waals surface area contributed by atoms with Crippen molar-refractivity contribution in [1.82, 2.24) is 5.32 Å². The third kappa shape index (κ3) is 5.73. The van der Waals surface area contributed by atoms with E-state index in [4.69, 9.17) is 4.18 Å². The third-order valence-corrected chi connectivity index (χ3v) is 13.9. The van der Waals surface area contributed by atoms with E-state index in [0.717, 1.165) is 47.2 Å². The lowest BCUT2D eigenvalue weighted by molar-refractivity contribution is -0.164. The van der Waals surface area contributed by atoms with Crippen molar-refractivity contribution in [3.05, 3.63) is 20.8 Å². The molecule has 2 N–H and O–H groups in total. The highest BCUT2D eigenvalue weighted by Crippen LogP contribution is 2.68. The quantitative estimate of drug-likeness (QED) is 0.288. The first kappa shape index (κ1) is 30.6. The number of hydrogen-bond donors (Lipinski definition) is 2. The summed E-state index contributed by atoms with van der Waals surface area (Å²) in [7, 11) is -4.62. The van der Waals surface area contributed by atoms with E-state index in [0.29, 0.717) is 31.6 Å². The van der Waals surface area contributed by atoms with E-state index in [1.165, 1.54) is 0 Å². The maximum atomic E-state index is 13.2. The number of ketones is 1. The second-order valence-corrected chi connectivity index (χ2v) is 17.2. The first-order chi connectivity index (χ1) is 18.7. The second-order valence-electron chi connectivity index (χ2n) is 13.6. The number of carbonyl (C=O) groups is 2. The molecule has 7 nitrogen and oxygen atoms in total. The Morgan fingerprint density at radius 2 is 1.93 bits per heavy atom. The summed E-state index contributed by atoms with van der Waals surface area (Å²) in [6.45, 7) is 8.94. The molecule has 4 aliphatic rings. The number of rotatable bonds is 8. The maximum Gasteiger partial charge on any atom is 0.397 e. The number of fused-ring (bicyclic) bond motifs is 5. The van der Waals surface area contributed by atoms with Gasteiger partial charge in [-0.05, 0) is 119 Å². The number of amides is 1. The van der Waals surface area contributed by atoms with Gasteiger partial charge in [-0.3, -0.25) is 14.1 Å². The fraction of sp³-hybridized carbons (Fsp3) is 0.800. The molecule has 0 bridgehead atoms. The Kier molecular flexibility index (Phi) is 8.70. The first-order valence-electron chi connectivity index (χ1n) is 15.0. The van der Waals surface area contributed by atoms with E-state index < -0.39 is 16.5 Å². The van der Waals surface area contributed by atoms with Gasteiger partial charge < -0.3 is 5.32 Å². The van der Waals surface area contributed by atoms with E-state index in [9.17, 15) is 22.6 Å². The van der Waals surface area contributed by atoms with Crippen LogP contribution < -0.4 is 5.32 Å². The van der Waals surface area contributed by atoms with E-state index in [-0.39, 0.29) is 58.2 Å². The number of hydrogen-bond acceptors (Lipinski definition) is 6. The molecule has 1 unspecified atom stereocenters. The lowest BCUT2D eigenvalue weighted by atomic mass is 9.44. The zero-order valence-electron chi connectivity index (χ0n) is 24.0. The molecule has 0 radical (unpaired) electrons. The van der Waals surface area contributed by atoms with Crippen LogP contribution in [0.25, 0.3) is 0 Å². The number of thiophene rings is 1. The lowest BCUT2D eigenvalue weighted by Gasteiger charge is -2.62. The molecule has 4 fully saturated rings. The lowest BCUT2D eigenvalue weighted by Crippen LogP contribution is -2.59. The molecular formula is C30H44BrNO6S2. The predicted octanol–water partition coefficient (Wildman–Crippen LogP) is 7.13. The van der Waals surface area contributed by atoms with Crippen LogP contribution in [0.3, 0.4) is 0 Å². The fourth-order valence-electron chi connectivity index (χ4n) is 9.80. The standard InChI is InChI=1S/C30H44BrNO6S2/c1-5-23(25-8-9-26(31)39-25)32-27(34)14-17(2)20-6-7-21-28-22(11-13-30(20,21)4)29(3)12-10-19(33)15-18(29)16-24(28)38-40(35,36)37/h8-9,17-18,20-24,28H,5-7,10-16H2,1-4H3,(H,32,34)(H,35,36,37)/t17-,18+,20?,21+,22+,23+,24-,28+,29+,30-/m1/s1. The molecule has 10 atom stereocenters. The molecule has 1 aromatic rings.